The highest BCUT2D eigenvalue weighted by atomic mass is 19.3. The van der Waals surface area contributed by atoms with E-state index in [2.05, 4.69) is 5.32 Å². The summed E-state index contributed by atoms with van der Waals surface area (Å²) in [5, 5.41) is 11.6. The monoisotopic (exact) mass is 257 g/mol. The van der Waals surface area contributed by atoms with Gasteiger partial charge in [-0.25, -0.2) is 0 Å². The predicted molar refractivity (Wildman–Crippen MR) is 68.7 cm³/mol. The SMILES string of the molecule is CCC(CCO)CNCC(F)(F)c1ccccc1. The highest BCUT2D eigenvalue weighted by Crippen LogP contribution is 2.26. The minimum atomic E-state index is -2.85. The molecule has 2 nitrogen and oxygen atoms in total. The van der Waals surface area contributed by atoms with E-state index >= 15 is 0 Å². The molecule has 0 fully saturated rings. The molecule has 18 heavy (non-hydrogen) atoms. The maximum atomic E-state index is 13.8. The average Bonchev–Trinajstić information content (AvgIpc) is 2.38. The van der Waals surface area contributed by atoms with Gasteiger partial charge in [-0.15, -0.1) is 0 Å². The maximum Gasteiger partial charge on any atom is 0.285 e. The van der Waals surface area contributed by atoms with Gasteiger partial charge in [0.2, 0.25) is 0 Å². The summed E-state index contributed by atoms with van der Waals surface area (Å²) in [7, 11) is 0. The van der Waals surface area contributed by atoms with E-state index in [-0.39, 0.29) is 24.6 Å². The summed E-state index contributed by atoms with van der Waals surface area (Å²) < 4.78 is 27.6. The van der Waals surface area contributed by atoms with Crippen LogP contribution in [0, 0.1) is 5.92 Å². The topological polar surface area (TPSA) is 32.3 Å². The molecule has 4 heteroatoms. The summed E-state index contributed by atoms with van der Waals surface area (Å²) in [5.41, 5.74) is 0.0349. The highest BCUT2D eigenvalue weighted by Gasteiger charge is 2.30. The van der Waals surface area contributed by atoms with Crippen molar-refractivity contribution < 1.29 is 13.9 Å². The van der Waals surface area contributed by atoms with E-state index in [0.717, 1.165) is 6.42 Å². The minimum absolute atomic E-state index is 0.0349. The van der Waals surface area contributed by atoms with Gasteiger partial charge in [0.25, 0.3) is 5.92 Å². The van der Waals surface area contributed by atoms with Crippen LogP contribution in [0.2, 0.25) is 0 Å². The Bertz CT molecular complexity index is 330. The smallest absolute Gasteiger partial charge is 0.285 e. The maximum absolute atomic E-state index is 13.8. The summed E-state index contributed by atoms with van der Waals surface area (Å²) >= 11 is 0. The Balaban J connectivity index is 2.42. The summed E-state index contributed by atoms with van der Waals surface area (Å²) in [6.07, 6.45) is 1.53. The molecule has 0 saturated heterocycles. The van der Waals surface area contributed by atoms with Crippen LogP contribution in [0.15, 0.2) is 30.3 Å². The van der Waals surface area contributed by atoms with Crippen LogP contribution in [0.5, 0.6) is 0 Å². The van der Waals surface area contributed by atoms with Crippen molar-refractivity contribution in [3.05, 3.63) is 35.9 Å². The van der Waals surface area contributed by atoms with Gasteiger partial charge in [-0.05, 0) is 18.9 Å². The largest absolute Gasteiger partial charge is 0.396 e. The standard InChI is InChI=1S/C14H21F2NO/c1-2-12(8-9-18)10-17-11-14(15,16)13-6-4-3-5-7-13/h3-7,12,17-18H,2,8-11H2,1H3. The van der Waals surface area contributed by atoms with Crippen molar-refractivity contribution in [2.75, 3.05) is 19.7 Å². The number of alkyl halides is 2. The number of rotatable bonds is 8. The van der Waals surface area contributed by atoms with Crippen molar-refractivity contribution in [1.29, 1.82) is 0 Å². The van der Waals surface area contributed by atoms with Crippen molar-refractivity contribution in [3.63, 3.8) is 0 Å². The van der Waals surface area contributed by atoms with E-state index in [0.29, 0.717) is 13.0 Å². The van der Waals surface area contributed by atoms with Crippen LogP contribution < -0.4 is 5.32 Å². The lowest BCUT2D eigenvalue weighted by Gasteiger charge is -2.20. The lowest BCUT2D eigenvalue weighted by atomic mass is 10.0. The van der Waals surface area contributed by atoms with E-state index in [9.17, 15) is 8.78 Å². The molecule has 0 aliphatic rings. The van der Waals surface area contributed by atoms with Gasteiger partial charge in [0.1, 0.15) is 0 Å². The molecule has 0 aromatic heterocycles. The molecule has 1 rings (SSSR count). The van der Waals surface area contributed by atoms with E-state index in [4.69, 9.17) is 5.11 Å². The fraction of sp³-hybridized carbons (Fsp3) is 0.571. The third-order valence-corrected chi connectivity index (χ3v) is 3.09. The summed E-state index contributed by atoms with van der Waals surface area (Å²) in [6.45, 7) is 2.25. The summed E-state index contributed by atoms with van der Waals surface area (Å²) in [5.74, 6) is -2.60. The first-order valence-electron chi connectivity index (χ1n) is 6.35. The molecular weight excluding hydrogens is 236 g/mol. The molecule has 0 aliphatic heterocycles. The molecule has 1 aromatic carbocycles. The molecule has 1 aromatic rings. The van der Waals surface area contributed by atoms with Gasteiger partial charge in [0.05, 0.1) is 6.54 Å². The van der Waals surface area contributed by atoms with Crippen molar-refractivity contribution >= 4 is 0 Å². The van der Waals surface area contributed by atoms with Crippen molar-refractivity contribution in [3.8, 4) is 0 Å². The number of hydrogen-bond donors (Lipinski definition) is 2. The summed E-state index contributed by atoms with van der Waals surface area (Å²) in [6, 6.07) is 7.83. The second-order valence-corrected chi connectivity index (χ2v) is 4.49. The van der Waals surface area contributed by atoms with Crippen molar-refractivity contribution in [2.45, 2.75) is 25.7 Å². The van der Waals surface area contributed by atoms with Crippen molar-refractivity contribution in [2.24, 2.45) is 5.92 Å². The van der Waals surface area contributed by atoms with Gasteiger partial charge in [0, 0.05) is 12.2 Å². The number of nitrogens with one attached hydrogen (secondary N) is 1. The molecular formula is C14H21F2NO. The lowest BCUT2D eigenvalue weighted by Crippen LogP contribution is -2.34. The van der Waals surface area contributed by atoms with Gasteiger partial charge in [-0.1, -0.05) is 43.7 Å². The normalized spacial score (nSPS) is 13.6. The van der Waals surface area contributed by atoms with Gasteiger partial charge in [0.15, 0.2) is 0 Å². The molecule has 0 aliphatic carbocycles. The first-order valence-corrected chi connectivity index (χ1v) is 6.35. The molecule has 0 spiro atoms. The van der Waals surface area contributed by atoms with Crippen LogP contribution in [-0.2, 0) is 5.92 Å². The van der Waals surface area contributed by atoms with Crippen LogP contribution in [0.1, 0.15) is 25.3 Å². The first kappa shape index (κ1) is 15.1. The number of halogens is 2. The quantitative estimate of drug-likeness (QED) is 0.750. The molecule has 0 saturated carbocycles. The van der Waals surface area contributed by atoms with Gasteiger partial charge >= 0.3 is 0 Å². The van der Waals surface area contributed by atoms with E-state index in [1.807, 2.05) is 6.92 Å². The van der Waals surface area contributed by atoms with Crippen molar-refractivity contribution in [1.82, 2.24) is 5.32 Å². The third kappa shape index (κ3) is 4.70. The lowest BCUT2D eigenvalue weighted by molar-refractivity contribution is -0.00401. The van der Waals surface area contributed by atoms with E-state index < -0.39 is 5.92 Å². The van der Waals surface area contributed by atoms with Gasteiger partial charge < -0.3 is 10.4 Å². The van der Waals surface area contributed by atoms with Gasteiger partial charge in [-0.3, -0.25) is 0 Å². The third-order valence-electron chi connectivity index (χ3n) is 3.09. The van der Waals surface area contributed by atoms with Gasteiger partial charge in [-0.2, -0.15) is 8.78 Å². The number of aliphatic hydroxyl groups is 1. The first-order chi connectivity index (χ1) is 8.60. The Hall–Kier alpha value is -1.00. The van der Waals surface area contributed by atoms with E-state index in [1.54, 1.807) is 18.2 Å². The molecule has 102 valence electrons. The Morgan fingerprint density at radius 3 is 2.50 bits per heavy atom. The predicted octanol–water partition coefficient (Wildman–Crippen LogP) is 2.78. The van der Waals surface area contributed by atoms with Crippen LogP contribution >= 0.6 is 0 Å². The van der Waals surface area contributed by atoms with Crippen LogP contribution in [-0.4, -0.2) is 24.8 Å². The Morgan fingerprint density at radius 2 is 1.94 bits per heavy atom. The summed E-state index contributed by atoms with van der Waals surface area (Å²) in [4.78, 5) is 0. The fourth-order valence-corrected chi connectivity index (χ4v) is 1.85. The zero-order valence-corrected chi connectivity index (χ0v) is 10.7. The molecule has 0 bridgehead atoms. The molecule has 2 N–H and O–H groups in total. The molecule has 0 amide bonds. The average molecular weight is 257 g/mol. The van der Waals surface area contributed by atoms with E-state index in [1.165, 1.54) is 12.1 Å². The molecule has 1 atom stereocenters. The zero-order chi connectivity index (χ0) is 13.4. The number of benzene rings is 1. The zero-order valence-electron chi connectivity index (χ0n) is 10.7. The molecule has 1 unspecified atom stereocenters. The number of hydrogen-bond acceptors (Lipinski definition) is 2. The Morgan fingerprint density at radius 1 is 1.28 bits per heavy atom. The van der Waals surface area contributed by atoms with Crippen LogP contribution in [0.4, 0.5) is 8.78 Å². The van der Waals surface area contributed by atoms with Crippen LogP contribution in [0.25, 0.3) is 0 Å². The minimum Gasteiger partial charge on any atom is -0.396 e. The Kier molecular flexibility index (Phi) is 6.22. The number of aliphatic hydroxyl groups excluding tert-OH is 1. The van der Waals surface area contributed by atoms with Crippen LogP contribution in [0.3, 0.4) is 0 Å². The molecule has 0 heterocycles. The Labute approximate surface area is 107 Å². The highest BCUT2D eigenvalue weighted by molar-refractivity contribution is 5.20. The molecule has 0 radical (unpaired) electrons. The second-order valence-electron chi connectivity index (χ2n) is 4.49. The fourth-order valence-electron chi connectivity index (χ4n) is 1.85. The second kappa shape index (κ2) is 7.44.